The van der Waals surface area contributed by atoms with Crippen molar-refractivity contribution < 1.29 is 18.0 Å². The fourth-order valence-electron chi connectivity index (χ4n) is 3.89. The SMILES string of the molecule is CCCCC(N=C1NS(=O)(=O)c2ccccc21)C(=O)N1CCN(CC(=O)NCCC)CC1. The second kappa shape index (κ2) is 10.9. The number of benzene rings is 1. The number of rotatable bonds is 9. The number of amidine groups is 1. The first-order valence-electron chi connectivity index (χ1n) is 11.3. The summed E-state index contributed by atoms with van der Waals surface area (Å²) < 4.78 is 27.3. The molecule has 2 aliphatic heterocycles. The number of nitrogens with one attached hydrogen (secondary N) is 2. The molecule has 2 heterocycles. The van der Waals surface area contributed by atoms with Crippen molar-refractivity contribution in [1.82, 2.24) is 19.8 Å². The highest BCUT2D eigenvalue weighted by atomic mass is 32.2. The Bertz CT molecular complexity index is 955. The van der Waals surface area contributed by atoms with Crippen molar-refractivity contribution in [1.29, 1.82) is 0 Å². The molecule has 0 aromatic heterocycles. The summed E-state index contributed by atoms with van der Waals surface area (Å²) in [5, 5.41) is 2.88. The lowest BCUT2D eigenvalue weighted by atomic mass is 10.1. The van der Waals surface area contributed by atoms with E-state index < -0.39 is 16.1 Å². The summed E-state index contributed by atoms with van der Waals surface area (Å²) in [5.41, 5.74) is 0.504. The number of nitrogens with zero attached hydrogens (tertiary/aromatic N) is 3. The van der Waals surface area contributed by atoms with Crippen LogP contribution < -0.4 is 10.0 Å². The van der Waals surface area contributed by atoms with Crippen molar-refractivity contribution in [3.8, 4) is 0 Å². The van der Waals surface area contributed by atoms with Crippen LogP contribution in [-0.4, -0.2) is 81.2 Å². The third-order valence-corrected chi connectivity index (χ3v) is 7.08. The van der Waals surface area contributed by atoms with E-state index in [1.54, 1.807) is 29.2 Å². The third-order valence-electron chi connectivity index (χ3n) is 5.69. The zero-order valence-electron chi connectivity index (χ0n) is 18.8. The van der Waals surface area contributed by atoms with E-state index in [2.05, 4.69) is 15.0 Å². The fourth-order valence-corrected chi connectivity index (χ4v) is 5.13. The Labute approximate surface area is 190 Å². The fraction of sp³-hybridized carbons (Fsp3) is 0.591. The molecule has 1 atom stereocenters. The summed E-state index contributed by atoms with van der Waals surface area (Å²) in [6.45, 7) is 7.36. The van der Waals surface area contributed by atoms with Gasteiger partial charge in [0.25, 0.3) is 10.0 Å². The van der Waals surface area contributed by atoms with Gasteiger partial charge < -0.3 is 10.2 Å². The Hall–Kier alpha value is -2.46. The highest BCUT2D eigenvalue weighted by Crippen LogP contribution is 2.23. The molecule has 32 heavy (non-hydrogen) atoms. The van der Waals surface area contributed by atoms with E-state index in [0.29, 0.717) is 51.3 Å². The molecule has 0 saturated carbocycles. The number of sulfonamides is 1. The van der Waals surface area contributed by atoms with Gasteiger partial charge in [0.15, 0.2) is 0 Å². The van der Waals surface area contributed by atoms with Gasteiger partial charge in [-0.2, -0.15) is 0 Å². The van der Waals surface area contributed by atoms with Gasteiger partial charge in [0, 0.05) is 38.3 Å². The van der Waals surface area contributed by atoms with E-state index in [9.17, 15) is 18.0 Å². The van der Waals surface area contributed by atoms with Gasteiger partial charge >= 0.3 is 0 Å². The van der Waals surface area contributed by atoms with Crippen LogP contribution in [0.25, 0.3) is 0 Å². The molecule has 1 aromatic carbocycles. The van der Waals surface area contributed by atoms with Crippen LogP contribution in [0.15, 0.2) is 34.2 Å². The van der Waals surface area contributed by atoms with Crippen molar-refractivity contribution in [2.75, 3.05) is 39.3 Å². The Morgan fingerprint density at radius 3 is 2.53 bits per heavy atom. The van der Waals surface area contributed by atoms with E-state index >= 15 is 0 Å². The van der Waals surface area contributed by atoms with Crippen molar-refractivity contribution >= 4 is 27.7 Å². The lowest BCUT2D eigenvalue weighted by Gasteiger charge is -2.35. The molecule has 2 aliphatic rings. The van der Waals surface area contributed by atoms with Crippen LogP contribution in [0.2, 0.25) is 0 Å². The van der Waals surface area contributed by atoms with E-state index in [1.807, 2.05) is 18.7 Å². The van der Waals surface area contributed by atoms with Gasteiger partial charge in [-0.15, -0.1) is 0 Å². The minimum atomic E-state index is -3.65. The number of aliphatic imine (C=N–C) groups is 1. The normalized spacial score (nSPS) is 19.9. The van der Waals surface area contributed by atoms with Gasteiger partial charge in [0.05, 0.1) is 11.4 Å². The number of hydrogen-bond acceptors (Lipinski definition) is 6. The minimum Gasteiger partial charge on any atom is -0.355 e. The van der Waals surface area contributed by atoms with Crippen LogP contribution >= 0.6 is 0 Å². The molecule has 0 radical (unpaired) electrons. The number of piperazine rings is 1. The van der Waals surface area contributed by atoms with Crippen LogP contribution in [0.5, 0.6) is 0 Å². The molecule has 0 aliphatic carbocycles. The number of hydrogen-bond donors (Lipinski definition) is 2. The van der Waals surface area contributed by atoms with Gasteiger partial charge in [0.1, 0.15) is 11.9 Å². The maximum absolute atomic E-state index is 13.3. The average molecular weight is 464 g/mol. The van der Waals surface area contributed by atoms with Crippen LogP contribution in [0.1, 0.15) is 45.1 Å². The zero-order chi connectivity index (χ0) is 23.1. The van der Waals surface area contributed by atoms with Gasteiger partial charge in [-0.3, -0.25) is 24.2 Å². The molecule has 1 unspecified atom stereocenters. The Kier molecular flexibility index (Phi) is 8.25. The van der Waals surface area contributed by atoms with Gasteiger partial charge in [-0.25, -0.2) is 8.42 Å². The van der Waals surface area contributed by atoms with E-state index in [4.69, 9.17) is 0 Å². The number of carbonyl (C=O) groups is 2. The number of carbonyl (C=O) groups excluding carboxylic acids is 2. The minimum absolute atomic E-state index is 0.00558. The zero-order valence-corrected chi connectivity index (χ0v) is 19.7. The second-order valence-corrected chi connectivity index (χ2v) is 9.84. The Balaban J connectivity index is 1.68. The molecule has 176 valence electrons. The van der Waals surface area contributed by atoms with Gasteiger partial charge in [0.2, 0.25) is 11.8 Å². The highest BCUT2D eigenvalue weighted by Gasteiger charge is 2.33. The first-order valence-corrected chi connectivity index (χ1v) is 12.8. The maximum atomic E-state index is 13.3. The number of unbranched alkanes of at least 4 members (excludes halogenated alkanes) is 1. The average Bonchev–Trinajstić information content (AvgIpc) is 3.05. The van der Waals surface area contributed by atoms with Crippen LogP contribution in [0.4, 0.5) is 0 Å². The molecule has 9 nitrogen and oxygen atoms in total. The Morgan fingerprint density at radius 2 is 1.84 bits per heavy atom. The van der Waals surface area contributed by atoms with Crippen LogP contribution in [0, 0.1) is 0 Å². The molecular formula is C22H33N5O4S. The summed E-state index contributed by atoms with van der Waals surface area (Å²) in [7, 11) is -3.65. The van der Waals surface area contributed by atoms with Crippen molar-refractivity contribution in [2.45, 2.75) is 50.5 Å². The molecule has 1 aromatic rings. The molecule has 2 N–H and O–H groups in total. The van der Waals surface area contributed by atoms with E-state index in [-0.39, 0.29) is 22.5 Å². The monoisotopic (exact) mass is 463 g/mol. The third kappa shape index (κ3) is 5.86. The van der Waals surface area contributed by atoms with E-state index in [1.165, 1.54) is 0 Å². The molecule has 1 fully saturated rings. The topological polar surface area (TPSA) is 111 Å². The summed E-state index contributed by atoms with van der Waals surface area (Å²) in [5.74, 6) is 0.150. The molecule has 0 bridgehead atoms. The molecule has 2 amide bonds. The predicted octanol–water partition coefficient (Wildman–Crippen LogP) is 0.954. The molecule has 3 rings (SSSR count). The number of amides is 2. The summed E-state index contributed by atoms with van der Waals surface area (Å²) >= 11 is 0. The van der Waals surface area contributed by atoms with Crippen LogP contribution in [-0.2, 0) is 19.6 Å². The molecular weight excluding hydrogens is 430 g/mol. The lowest BCUT2D eigenvalue weighted by Crippen LogP contribution is -2.53. The van der Waals surface area contributed by atoms with Crippen molar-refractivity contribution in [3.05, 3.63) is 29.8 Å². The smallest absolute Gasteiger partial charge is 0.263 e. The highest BCUT2D eigenvalue weighted by molar-refractivity contribution is 7.90. The Morgan fingerprint density at radius 1 is 1.12 bits per heavy atom. The molecule has 10 heteroatoms. The van der Waals surface area contributed by atoms with Gasteiger partial charge in [-0.1, -0.05) is 38.8 Å². The van der Waals surface area contributed by atoms with Crippen molar-refractivity contribution in [3.63, 3.8) is 0 Å². The maximum Gasteiger partial charge on any atom is 0.263 e. The van der Waals surface area contributed by atoms with Crippen LogP contribution in [0.3, 0.4) is 0 Å². The summed E-state index contributed by atoms with van der Waals surface area (Å²) in [6.07, 6.45) is 3.19. The first kappa shape index (κ1) is 24.2. The predicted molar refractivity (Wildman–Crippen MR) is 123 cm³/mol. The first-order chi connectivity index (χ1) is 15.4. The lowest BCUT2D eigenvalue weighted by molar-refractivity contribution is -0.134. The molecule has 1 saturated heterocycles. The van der Waals surface area contributed by atoms with E-state index in [0.717, 1.165) is 19.3 Å². The standard InChI is InChI=1S/C22H33N5O4S/c1-3-5-9-18(24-21-17-8-6-7-10-19(17)32(30,31)25-21)22(29)27-14-12-26(13-15-27)16-20(28)23-11-4-2/h6-8,10,18H,3-5,9,11-16H2,1-2H3,(H,23,28)(H,24,25). The molecule has 0 spiro atoms. The van der Waals surface area contributed by atoms with Gasteiger partial charge in [-0.05, 0) is 25.0 Å². The second-order valence-electron chi connectivity index (χ2n) is 8.19. The van der Waals surface area contributed by atoms with Crippen molar-refractivity contribution in [2.24, 2.45) is 4.99 Å². The quantitative estimate of drug-likeness (QED) is 0.567. The largest absolute Gasteiger partial charge is 0.355 e. The number of fused-ring (bicyclic) bond motifs is 1. The summed E-state index contributed by atoms with van der Waals surface area (Å²) in [4.78, 5) is 33.8. The summed E-state index contributed by atoms with van der Waals surface area (Å²) in [6, 6.07) is 6.03.